The molecular weight excluding hydrogens is 212 g/mol. The molecule has 0 saturated carbocycles. The summed E-state index contributed by atoms with van der Waals surface area (Å²) in [5.41, 5.74) is 5.05. The molecule has 84 valence electrons. The van der Waals surface area contributed by atoms with Crippen LogP contribution in [0.5, 0.6) is 0 Å². The predicted molar refractivity (Wildman–Crippen MR) is 65.6 cm³/mol. The number of aromatic nitrogens is 1. The van der Waals surface area contributed by atoms with Gasteiger partial charge in [0.05, 0.1) is 0 Å². The van der Waals surface area contributed by atoms with Crippen LogP contribution in [0.1, 0.15) is 21.6 Å². The van der Waals surface area contributed by atoms with Gasteiger partial charge in [-0.05, 0) is 30.2 Å². The zero-order valence-electron chi connectivity index (χ0n) is 9.53. The molecule has 0 atom stereocenters. The van der Waals surface area contributed by atoms with Crippen molar-refractivity contribution in [2.45, 2.75) is 13.5 Å². The first kappa shape index (κ1) is 10.0. The van der Waals surface area contributed by atoms with Crippen molar-refractivity contribution in [1.82, 2.24) is 10.3 Å². The number of aryl methyl sites for hydroxylation is 1. The smallest absolute Gasteiger partial charge is 0.251 e. The molecule has 0 saturated heterocycles. The summed E-state index contributed by atoms with van der Waals surface area (Å²) in [6, 6.07) is 9.80. The Labute approximate surface area is 99.5 Å². The van der Waals surface area contributed by atoms with Crippen molar-refractivity contribution in [3.63, 3.8) is 0 Å². The van der Waals surface area contributed by atoms with Gasteiger partial charge in [0.2, 0.25) is 0 Å². The van der Waals surface area contributed by atoms with Gasteiger partial charge < -0.3 is 5.32 Å². The van der Waals surface area contributed by atoms with Crippen LogP contribution in [0.25, 0.3) is 11.1 Å². The van der Waals surface area contributed by atoms with Crippen LogP contribution < -0.4 is 5.32 Å². The van der Waals surface area contributed by atoms with E-state index in [-0.39, 0.29) is 5.91 Å². The number of hydrogen-bond acceptors (Lipinski definition) is 2. The molecule has 0 spiro atoms. The highest BCUT2D eigenvalue weighted by Crippen LogP contribution is 2.30. The molecule has 3 rings (SSSR count). The van der Waals surface area contributed by atoms with Crippen molar-refractivity contribution in [3.8, 4) is 11.1 Å². The van der Waals surface area contributed by atoms with E-state index in [1.54, 1.807) is 6.20 Å². The second-order valence-electron chi connectivity index (χ2n) is 4.15. The first-order valence-corrected chi connectivity index (χ1v) is 5.59. The molecule has 1 aromatic carbocycles. The first-order chi connectivity index (χ1) is 8.27. The fourth-order valence-electron chi connectivity index (χ4n) is 2.28. The van der Waals surface area contributed by atoms with Crippen molar-refractivity contribution in [1.29, 1.82) is 0 Å². The zero-order valence-corrected chi connectivity index (χ0v) is 9.53. The highest BCUT2D eigenvalue weighted by molar-refractivity contribution is 6.00. The van der Waals surface area contributed by atoms with Crippen molar-refractivity contribution in [2.75, 3.05) is 0 Å². The molecule has 3 nitrogen and oxygen atoms in total. The SMILES string of the molecule is Cc1ncccc1-c1cccc2c1CNC2=O. The van der Waals surface area contributed by atoms with Crippen molar-refractivity contribution >= 4 is 5.91 Å². The van der Waals surface area contributed by atoms with E-state index in [0.717, 1.165) is 27.9 Å². The third-order valence-corrected chi connectivity index (χ3v) is 3.14. The number of carbonyl (C=O) groups excluding carboxylic acids is 1. The summed E-state index contributed by atoms with van der Waals surface area (Å²) in [6.45, 7) is 2.59. The normalized spacial score (nSPS) is 13.4. The standard InChI is InChI=1S/C14H12N2O/c1-9-10(6-3-7-15-9)11-4-2-5-12-13(11)8-16-14(12)17/h2-7H,8H2,1H3,(H,16,17). The van der Waals surface area contributed by atoms with Gasteiger partial charge in [0.15, 0.2) is 0 Å². The van der Waals surface area contributed by atoms with E-state index in [1.807, 2.05) is 37.3 Å². The fraction of sp³-hybridized carbons (Fsp3) is 0.143. The van der Waals surface area contributed by atoms with Crippen LogP contribution >= 0.6 is 0 Å². The number of rotatable bonds is 1. The molecule has 2 heterocycles. The van der Waals surface area contributed by atoms with Gasteiger partial charge in [-0.1, -0.05) is 18.2 Å². The Bertz CT molecular complexity index is 605. The molecule has 2 aromatic rings. The number of amides is 1. The zero-order chi connectivity index (χ0) is 11.8. The van der Waals surface area contributed by atoms with Gasteiger partial charge in [0, 0.05) is 29.6 Å². The van der Waals surface area contributed by atoms with Crippen molar-refractivity contribution in [3.05, 3.63) is 53.3 Å². The third kappa shape index (κ3) is 1.51. The maximum Gasteiger partial charge on any atom is 0.251 e. The van der Waals surface area contributed by atoms with Crippen LogP contribution in [0, 0.1) is 6.92 Å². The number of nitrogens with zero attached hydrogens (tertiary/aromatic N) is 1. The Morgan fingerprint density at radius 3 is 2.71 bits per heavy atom. The number of carbonyl (C=O) groups is 1. The summed E-state index contributed by atoms with van der Waals surface area (Å²) in [5.74, 6) is 0.0170. The molecule has 1 aromatic heterocycles. The highest BCUT2D eigenvalue weighted by Gasteiger charge is 2.22. The van der Waals surface area contributed by atoms with Gasteiger partial charge in [-0.25, -0.2) is 0 Å². The molecule has 0 fully saturated rings. The molecule has 1 aliphatic heterocycles. The van der Waals surface area contributed by atoms with Gasteiger partial charge in [-0.15, -0.1) is 0 Å². The lowest BCUT2D eigenvalue weighted by atomic mass is 9.96. The highest BCUT2D eigenvalue weighted by atomic mass is 16.1. The second-order valence-corrected chi connectivity index (χ2v) is 4.15. The predicted octanol–water partition coefficient (Wildman–Crippen LogP) is 2.30. The van der Waals surface area contributed by atoms with Gasteiger partial charge in [0.25, 0.3) is 5.91 Å². The molecule has 0 aliphatic carbocycles. The average Bonchev–Trinajstić information content (AvgIpc) is 2.72. The number of hydrogen-bond donors (Lipinski definition) is 1. The molecule has 0 radical (unpaired) electrons. The maximum atomic E-state index is 11.6. The van der Waals surface area contributed by atoms with Gasteiger partial charge in [-0.3, -0.25) is 9.78 Å². The second kappa shape index (κ2) is 3.70. The lowest BCUT2D eigenvalue weighted by Crippen LogP contribution is -2.12. The van der Waals surface area contributed by atoms with Gasteiger partial charge in [0.1, 0.15) is 0 Å². The quantitative estimate of drug-likeness (QED) is 0.807. The molecular formula is C14H12N2O. The molecule has 1 aliphatic rings. The van der Waals surface area contributed by atoms with Crippen LogP contribution in [-0.4, -0.2) is 10.9 Å². The number of fused-ring (bicyclic) bond motifs is 1. The van der Waals surface area contributed by atoms with E-state index in [9.17, 15) is 4.79 Å². The summed E-state index contributed by atoms with van der Waals surface area (Å²) < 4.78 is 0. The van der Waals surface area contributed by atoms with Crippen molar-refractivity contribution < 1.29 is 4.79 Å². The number of benzene rings is 1. The number of pyridine rings is 1. The molecule has 1 N–H and O–H groups in total. The van der Waals surface area contributed by atoms with Crippen molar-refractivity contribution in [2.24, 2.45) is 0 Å². The van der Waals surface area contributed by atoms with Gasteiger partial charge in [-0.2, -0.15) is 0 Å². The number of nitrogens with one attached hydrogen (secondary N) is 1. The third-order valence-electron chi connectivity index (χ3n) is 3.14. The summed E-state index contributed by atoms with van der Waals surface area (Å²) in [4.78, 5) is 15.9. The Kier molecular flexibility index (Phi) is 2.18. The first-order valence-electron chi connectivity index (χ1n) is 5.59. The van der Waals surface area contributed by atoms with Crippen LogP contribution in [0.2, 0.25) is 0 Å². The molecule has 0 bridgehead atoms. The van der Waals surface area contributed by atoms with Crippen LogP contribution in [0.4, 0.5) is 0 Å². The minimum atomic E-state index is 0.0170. The Morgan fingerprint density at radius 2 is 1.88 bits per heavy atom. The van der Waals surface area contributed by atoms with Crippen LogP contribution in [0.15, 0.2) is 36.5 Å². The minimum Gasteiger partial charge on any atom is -0.348 e. The topological polar surface area (TPSA) is 42.0 Å². The minimum absolute atomic E-state index is 0.0170. The Hall–Kier alpha value is -2.16. The Morgan fingerprint density at radius 1 is 1.12 bits per heavy atom. The van der Waals surface area contributed by atoms with E-state index in [4.69, 9.17) is 0 Å². The average molecular weight is 224 g/mol. The van der Waals surface area contributed by atoms with E-state index in [1.165, 1.54) is 0 Å². The van der Waals surface area contributed by atoms with E-state index >= 15 is 0 Å². The largest absolute Gasteiger partial charge is 0.348 e. The molecule has 1 amide bonds. The summed E-state index contributed by atoms with van der Waals surface area (Å²) in [5, 5.41) is 2.86. The van der Waals surface area contributed by atoms with E-state index in [2.05, 4.69) is 10.3 Å². The lowest BCUT2D eigenvalue weighted by molar-refractivity contribution is 0.0966. The van der Waals surface area contributed by atoms with Gasteiger partial charge >= 0.3 is 0 Å². The molecule has 0 unspecified atom stereocenters. The lowest BCUT2D eigenvalue weighted by Gasteiger charge is -2.08. The monoisotopic (exact) mass is 224 g/mol. The summed E-state index contributed by atoms with van der Waals surface area (Å²) in [7, 11) is 0. The van der Waals surface area contributed by atoms with E-state index in [0.29, 0.717) is 6.54 Å². The molecule has 17 heavy (non-hydrogen) atoms. The maximum absolute atomic E-state index is 11.6. The summed E-state index contributed by atoms with van der Waals surface area (Å²) in [6.07, 6.45) is 1.78. The molecule has 3 heteroatoms. The Balaban J connectivity index is 2.24. The van der Waals surface area contributed by atoms with E-state index < -0.39 is 0 Å². The van der Waals surface area contributed by atoms with Crippen LogP contribution in [0.3, 0.4) is 0 Å². The van der Waals surface area contributed by atoms with Crippen LogP contribution in [-0.2, 0) is 6.54 Å². The summed E-state index contributed by atoms with van der Waals surface area (Å²) >= 11 is 0. The fourth-order valence-corrected chi connectivity index (χ4v) is 2.28.